The third-order valence-corrected chi connectivity index (χ3v) is 5.71. The molecule has 0 aliphatic carbocycles. The minimum Gasteiger partial charge on any atom is -0.378 e. The molecule has 150 valence electrons. The molecule has 0 bridgehead atoms. The predicted molar refractivity (Wildman–Crippen MR) is 121 cm³/mol. The van der Waals surface area contributed by atoms with E-state index >= 15 is 0 Å². The number of anilines is 1. The summed E-state index contributed by atoms with van der Waals surface area (Å²) in [7, 11) is 0. The number of ether oxygens (including phenoxy) is 1. The van der Waals surface area contributed by atoms with E-state index in [1.807, 2.05) is 6.21 Å². The summed E-state index contributed by atoms with van der Waals surface area (Å²) in [4.78, 5) is 7.09. The third-order valence-electron chi connectivity index (χ3n) is 5.71. The number of rotatable bonds is 4. The van der Waals surface area contributed by atoms with Gasteiger partial charge in [-0.1, -0.05) is 18.2 Å². The summed E-state index contributed by atoms with van der Waals surface area (Å²) in [6, 6.07) is 17.2. The first kappa shape index (κ1) is 19.5. The molecule has 1 aliphatic rings. The van der Waals surface area contributed by atoms with Crippen LogP contribution in [0.4, 0.5) is 11.4 Å². The van der Waals surface area contributed by atoms with Gasteiger partial charge in [0.25, 0.3) is 0 Å². The SMILES string of the molecule is Cc1cccc(C)c1-n1c(C)cc(C=Nc2ccc(N3CCOCC3)cc2)c1C. The average Bonchev–Trinajstić information content (AvgIpc) is 3.01. The van der Waals surface area contributed by atoms with Gasteiger partial charge in [-0.05, 0) is 69.2 Å². The molecule has 0 amide bonds. The third kappa shape index (κ3) is 3.99. The van der Waals surface area contributed by atoms with Crippen LogP contribution in [0.3, 0.4) is 0 Å². The highest BCUT2D eigenvalue weighted by atomic mass is 16.5. The molecule has 0 saturated carbocycles. The summed E-state index contributed by atoms with van der Waals surface area (Å²) in [6.07, 6.45) is 1.98. The van der Waals surface area contributed by atoms with Gasteiger partial charge in [-0.2, -0.15) is 0 Å². The van der Waals surface area contributed by atoms with Gasteiger partial charge in [0.1, 0.15) is 0 Å². The summed E-state index contributed by atoms with van der Waals surface area (Å²) < 4.78 is 7.78. The molecule has 2 heterocycles. The van der Waals surface area contributed by atoms with Crippen LogP contribution in [0, 0.1) is 27.7 Å². The van der Waals surface area contributed by atoms with Crippen LogP contribution in [0.15, 0.2) is 53.5 Å². The van der Waals surface area contributed by atoms with Crippen molar-refractivity contribution in [1.29, 1.82) is 0 Å². The smallest absolute Gasteiger partial charge is 0.0642 e. The molecular formula is C25H29N3O. The summed E-state index contributed by atoms with van der Waals surface area (Å²) in [5.74, 6) is 0. The number of aryl methyl sites for hydroxylation is 3. The van der Waals surface area contributed by atoms with Crippen molar-refractivity contribution < 1.29 is 4.74 Å². The Bertz CT molecular complexity index is 1000. The molecule has 0 atom stereocenters. The number of morpholine rings is 1. The number of hydrogen-bond acceptors (Lipinski definition) is 3. The topological polar surface area (TPSA) is 29.8 Å². The maximum Gasteiger partial charge on any atom is 0.0642 e. The molecule has 4 rings (SSSR count). The largest absolute Gasteiger partial charge is 0.378 e. The summed E-state index contributed by atoms with van der Waals surface area (Å²) >= 11 is 0. The zero-order valence-corrected chi connectivity index (χ0v) is 17.8. The van der Waals surface area contributed by atoms with Gasteiger partial charge in [-0.15, -0.1) is 0 Å². The van der Waals surface area contributed by atoms with E-state index in [9.17, 15) is 0 Å². The lowest BCUT2D eigenvalue weighted by atomic mass is 10.1. The van der Waals surface area contributed by atoms with E-state index in [1.54, 1.807) is 0 Å². The van der Waals surface area contributed by atoms with Crippen molar-refractivity contribution in [2.45, 2.75) is 27.7 Å². The molecule has 1 aliphatic heterocycles. The first-order valence-electron chi connectivity index (χ1n) is 10.3. The van der Waals surface area contributed by atoms with Crippen molar-refractivity contribution in [3.8, 4) is 5.69 Å². The summed E-state index contributed by atoms with van der Waals surface area (Å²) in [6.45, 7) is 12.2. The number of nitrogens with zero attached hydrogens (tertiary/aromatic N) is 3. The molecule has 0 radical (unpaired) electrons. The summed E-state index contributed by atoms with van der Waals surface area (Å²) in [5.41, 5.74) is 9.65. The number of benzene rings is 2. The highest BCUT2D eigenvalue weighted by Crippen LogP contribution is 2.26. The lowest BCUT2D eigenvalue weighted by Crippen LogP contribution is -2.36. The monoisotopic (exact) mass is 387 g/mol. The van der Waals surface area contributed by atoms with E-state index in [0.29, 0.717) is 0 Å². The molecule has 1 saturated heterocycles. The van der Waals surface area contributed by atoms with Gasteiger partial charge in [-0.3, -0.25) is 4.99 Å². The van der Waals surface area contributed by atoms with E-state index in [4.69, 9.17) is 9.73 Å². The molecule has 3 aromatic rings. The van der Waals surface area contributed by atoms with Crippen LogP contribution in [0.2, 0.25) is 0 Å². The molecule has 1 aromatic heterocycles. The second-order valence-electron chi connectivity index (χ2n) is 7.78. The quantitative estimate of drug-likeness (QED) is 0.569. The van der Waals surface area contributed by atoms with E-state index in [1.165, 1.54) is 33.9 Å². The molecule has 2 aromatic carbocycles. The van der Waals surface area contributed by atoms with Crippen molar-refractivity contribution in [1.82, 2.24) is 4.57 Å². The van der Waals surface area contributed by atoms with Gasteiger partial charge < -0.3 is 14.2 Å². The molecule has 0 unspecified atom stereocenters. The zero-order chi connectivity index (χ0) is 20.4. The van der Waals surface area contributed by atoms with E-state index in [-0.39, 0.29) is 0 Å². The van der Waals surface area contributed by atoms with Gasteiger partial charge in [0.05, 0.1) is 24.6 Å². The molecule has 29 heavy (non-hydrogen) atoms. The Labute approximate surface area is 173 Å². The Morgan fingerprint density at radius 3 is 2.21 bits per heavy atom. The Kier molecular flexibility index (Phi) is 5.54. The van der Waals surface area contributed by atoms with Crippen LogP contribution in [-0.4, -0.2) is 37.1 Å². The molecule has 0 spiro atoms. The molecule has 1 fully saturated rings. The van der Waals surface area contributed by atoms with Crippen LogP contribution in [0.5, 0.6) is 0 Å². The van der Waals surface area contributed by atoms with Crippen molar-refractivity contribution in [3.63, 3.8) is 0 Å². The van der Waals surface area contributed by atoms with Gasteiger partial charge >= 0.3 is 0 Å². The maximum atomic E-state index is 5.43. The van der Waals surface area contributed by atoms with E-state index in [2.05, 4.69) is 85.7 Å². The van der Waals surface area contributed by atoms with Crippen LogP contribution in [0.25, 0.3) is 5.69 Å². The fraction of sp³-hybridized carbons (Fsp3) is 0.320. The highest BCUT2D eigenvalue weighted by Gasteiger charge is 2.13. The van der Waals surface area contributed by atoms with Crippen molar-refractivity contribution in [2.75, 3.05) is 31.2 Å². The van der Waals surface area contributed by atoms with Crippen LogP contribution < -0.4 is 4.90 Å². The van der Waals surface area contributed by atoms with Gasteiger partial charge in [0, 0.05) is 41.9 Å². The Morgan fingerprint density at radius 2 is 1.55 bits per heavy atom. The standard InChI is InChI=1S/C25H29N3O/c1-18-6-5-7-19(2)25(18)28-20(3)16-22(21(28)4)17-26-23-8-10-24(11-9-23)27-12-14-29-15-13-27/h5-11,16-17H,12-15H2,1-4H3. The minimum atomic E-state index is 0.801. The minimum absolute atomic E-state index is 0.801. The van der Waals surface area contributed by atoms with Crippen molar-refractivity contribution >= 4 is 17.6 Å². The van der Waals surface area contributed by atoms with Gasteiger partial charge in [0.15, 0.2) is 0 Å². The van der Waals surface area contributed by atoms with Crippen LogP contribution in [-0.2, 0) is 4.74 Å². The van der Waals surface area contributed by atoms with Crippen molar-refractivity contribution in [3.05, 3.63) is 76.6 Å². The first-order chi connectivity index (χ1) is 14.0. The van der Waals surface area contributed by atoms with Crippen molar-refractivity contribution in [2.24, 2.45) is 4.99 Å². The Morgan fingerprint density at radius 1 is 0.897 bits per heavy atom. The lowest BCUT2D eigenvalue weighted by Gasteiger charge is -2.28. The second-order valence-corrected chi connectivity index (χ2v) is 7.78. The molecular weight excluding hydrogens is 358 g/mol. The Balaban J connectivity index is 1.58. The number of aromatic nitrogens is 1. The molecule has 0 N–H and O–H groups in total. The number of hydrogen-bond donors (Lipinski definition) is 0. The maximum absolute atomic E-state index is 5.43. The average molecular weight is 388 g/mol. The lowest BCUT2D eigenvalue weighted by molar-refractivity contribution is 0.122. The van der Waals surface area contributed by atoms with E-state index < -0.39 is 0 Å². The number of aliphatic imine (C=N–C) groups is 1. The van der Waals surface area contributed by atoms with Gasteiger partial charge in [0.2, 0.25) is 0 Å². The Hall–Kier alpha value is -2.85. The van der Waals surface area contributed by atoms with E-state index in [0.717, 1.165) is 37.6 Å². The highest BCUT2D eigenvalue weighted by molar-refractivity contribution is 5.84. The van der Waals surface area contributed by atoms with Crippen LogP contribution in [0.1, 0.15) is 28.1 Å². The summed E-state index contributed by atoms with van der Waals surface area (Å²) in [5, 5.41) is 0. The molecule has 4 nitrogen and oxygen atoms in total. The van der Waals surface area contributed by atoms with Gasteiger partial charge in [-0.25, -0.2) is 0 Å². The second kappa shape index (κ2) is 8.26. The van der Waals surface area contributed by atoms with Crippen LogP contribution >= 0.6 is 0 Å². The fourth-order valence-electron chi connectivity index (χ4n) is 4.14. The number of para-hydroxylation sites is 1. The molecule has 4 heteroatoms. The predicted octanol–water partition coefficient (Wildman–Crippen LogP) is 5.30. The fourth-order valence-corrected chi connectivity index (χ4v) is 4.14. The first-order valence-corrected chi connectivity index (χ1v) is 10.3. The normalized spacial score (nSPS) is 14.7. The zero-order valence-electron chi connectivity index (χ0n) is 17.8.